The van der Waals surface area contributed by atoms with Gasteiger partial charge in [0.1, 0.15) is 5.75 Å². The van der Waals surface area contributed by atoms with Gasteiger partial charge in [-0.25, -0.2) is 0 Å². The summed E-state index contributed by atoms with van der Waals surface area (Å²) in [5, 5.41) is 3.38. The molecule has 2 aromatic carbocycles. The largest absolute Gasteiger partial charge is 0.494 e. The van der Waals surface area contributed by atoms with E-state index < -0.39 is 5.91 Å². The number of rotatable bonds is 4. The topological polar surface area (TPSA) is 55.4 Å². The van der Waals surface area contributed by atoms with Crippen molar-refractivity contribution in [2.45, 2.75) is 6.92 Å². The first-order valence-electron chi connectivity index (χ1n) is 7.30. The second kappa shape index (κ2) is 6.67. The number of carbonyl (C=O) groups is 2. The lowest BCUT2D eigenvalue weighted by Gasteiger charge is -2.04. The Morgan fingerprint density at radius 1 is 1.12 bits per heavy atom. The predicted octanol–water partition coefficient (Wildman–Crippen LogP) is 4.61. The molecule has 0 spiro atoms. The Morgan fingerprint density at radius 2 is 1.79 bits per heavy atom. The van der Waals surface area contributed by atoms with Gasteiger partial charge in [-0.1, -0.05) is 23.2 Å². The van der Waals surface area contributed by atoms with E-state index in [2.05, 4.69) is 5.32 Å². The maximum Gasteiger partial charge on any atom is 0.256 e. The maximum absolute atomic E-state index is 12.4. The number of anilines is 1. The van der Waals surface area contributed by atoms with Gasteiger partial charge in [0.15, 0.2) is 5.78 Å². The number of hydrogen-bond acceptors (Lipinski definition) is 3. The van der Waals surface area contributed by atoms with Crippen molar-refractivity contribution in [1.29, 1.82) is 0 Å². The van der Waals surface area contributed by atoms with E-state index in [1.54, 1.807) is 36.4 Å². The molecule has 0 aliphatic carbocycles. The molecule has 0 bridgehead atoms. The maximum atomic E-state index is 12.4. The molecule has 0 atom stereocenters. The summed E-state index contributed by atoms with van der Waals surface area (Å²) >= 11 is 12.2. The molecule has 6 heteroatoms. The van der Waals surface area contributed by atoms with Crippen LogP contribution in [0, 0.1) is 0 Å². The van der Waals surface area contributed by atoms with Gasteiger partial charge in [-0.15, -0.1) is 0 Å². The number of halogens is 2. The van der Waals surface area contributed by atoms with E-state index in [9.17, 15) is 9.59 Å². The first kappa shape index (κ1) is 16.6. The molecule has 1 heterocycles. The highest BCUT2D eigenvalue weighted by Crippen LogP contribution is 2.41. The van der Waals surface area contributed by atoms with Gasteiger partial charge < -0.3 is 10.1 Å². The lowest BCUT2D eigenvalue weighted by atomic mass is 10.0. The highest BCUT2D eigenvalue weighted by atomic mass is 35.5. The zero-order chi connectivity index (χ0) is 17.3. The monoisotopic (exact) mass is 361 g/mol. The quantitative estimate of drug-likeness (QED) is 0.638. The highest BCUT2D eigenvalue weighted by molar-refractivity contribution is 6.45. The van der Waals surface area contributed by atoms with E-state index in [0.29, 0.717) is 39.2 Å². The van der Waals surface area contributed by atoms with Crippen molar-refractivity contribution >= 4 is 46.2 Å². The van der Waals surface area contributed by atoms with Crippen molar-refractivity contribution in [3.05, 3.63) is 63.6 Å². The Hall–Kier alpha value is -2.30. The molecule has 122 valence electrons. The van der Waals surface area contributed by atoms with Crippen molar-refractivity contribution in [2.24, 2.45) is 0 Å². The minimum atomic E-state index is -0.403. The number of nitrogens with one attached hydrogen (secondary N) is 1. The average Bonchev–Trinajstić information content (AvgIpc) is 2.90. The number of benzene rings is 2. The SMILES string of the molecule is CCOc1ccc(C(=O)C=C2C(=O)Nc3c(Cl)ccc(Cl)c32)cc1. The van der Waals surface area contributed by atoms with E-state index in [1.807, 2.05) is 6.92 Å². The highest BCUT2D eigenvalue weighted by Gasteiger charge is 2.29. The van der Waals surface area contributed by atoms with Crippen LogP contribution in [-0.4, -0.2) is 18.3 Å². The number of ketones is 1. The minimum absolute atomic E-state index is 0.205. The van der Waals surface area contributed by atoms with Gasteiger partial charge >= 0.3 is 0 Å². The molecule has 1 aliphatic heterocycles. The van der Waals surface area contributed by atoms with Gasteiger partial charge in [0.2, 0.25) is 0 Å². The smallest absolute Gasteiger partial charge is 0.256 e. The van der Waals surface area contributed by atoms with Crippen LogP contribution in [0.3, 0.4) is 0 Å². The summed E-state index contributed by atoms with van der Waals surface area (Å²) in [7, 11) is 0. The zero-order valence-corrected chi connectivity index (χ0v) is 14.2. The molecule has 1 N–H and O–H groups in total. The third kappa shape index (κ3) is 3.03. The molecule has 0 unspecified atom stereocenters. The molecular weight excluding hydrogens is 349 g/mol. The van der Waals surface area contributed by atoms with Crippen LogP contribution in [0.2, 0.25) is 10.0 Å². The molecule has 0 saturated heterocycles. The van der Waals surface area contributed by atoms with Gasteiger partial charge in [-0.2, -0.15) is 0 Å². The summed E-state index contributed by atoms with van der Waals surface area (Å²) in [6.07, 6.45) is 1.28. The Bertz CT molecular complexity index is 857. The average molecular weight is 362 g/mol. The molecule has 4 nitrogen and oxygen atoms in total. The van der Waals surface area contributed by atoms with E-state index in [1.165, 1.54) is 6.08 Å². The zero-order valence-electron chi connectivity index (χ0n) is 12.7. The van der Waals surface area contributed by atoms with Crippen LogP contribution < -0.4 is 10.1 Å². The van der Waals surface area contributed by atoms with Crippen molar-refractivity contribution in [3.8, 4) is 5.75 Å². The van der Waals surface area contributed by atoms with Crippen LogP contribution in [0.25, 0.3) is 5.57 Å². The number of ether oxygens (including phenoxy) is 1. The molecule has 0 aromatic heterocycles. The summed E-state index contributed by atoms with van der Waals surface area (Å²) in [5.41, 5.74) is 1.54. The molecule has 1 aliphatic rings. The van der Waals surface area contributed by atoms with Crippen molar-refractivity contribution in [2.75, 3.05) is 11.9 Å². The van der Waals surface area contributed by atoms with Crippen LogP contribution >= 0.6 is 23.2 Å². The fourth-order valence-corrected chi connectivity index (χ4v) is 2.93. The summed E-state index contributed by atoms with van der Waals surface area (Å²) in [6.45, 7) is 2.43. The van der Waals surface area contributed by atoms with Gasteiger partial charge in [-0.3, -0.25) is 9.59 Å². The van der Waals surface area contributed by atoms with Crippen LogP contribution in [-0.2, 0) is 4.79 Å². The number of fused-ring (bicyclic) bond motifs is 1. The fraction of sp³-hybridized carbons (Fsp3) is 0.111. The van der Waals surface area contributed by atoms with Gasteiger partial charge in [0, 0.05) is 11.1 Å². The molecule has 0 radical (unpaired) electrons. The standard InChI is InChI=1S/C18H13Cl2NO3/c1-2-24-11-5-3-10(4-6-11)15(22)9-12-16-13(19)7-8-14(20)17(16)21-18(12)23/h3-9H,2H2,1H3,(H,21,23). The third-order valence-corrected chi connectivity index (χ3v) is 4.21. The summed E-state index contributed by atoms with van der Waals surface area (Å²) in [6, 6.07) is 9.91. The van der Waals surface area contributed by atoms with Gasteiger partial charge in [0.05, 0.1) is 27.9 Å². The van der Waals surface area contributed by atoms with Crippen molar-refractivity contribution in [3.63, 3.8) is 0 Å². The van der Waals surface area contributed by atoms with E-state index in [4.69, 9.17) is 27.9 Å². The lowest BCUT2D eigenvalue weighted by molar-refractivity contribution is -0.110. The molecule has 3 rings (SSSR count). The van der Waals surface area contributed by atoms with E-state index in [-0.39, 0.29) is 11.4 Å². The molecule has 1 amide bonds. The lowest BCUT2D eigenvalue weighted by Crippen LogP contribution is -2.06. The Morgan fingerprint density at radius 3 is 2.46 bits per heavy atom. The summed E-state index contributed by atoms with van der Waals surface area (Å²) in [4.78, 5) is 24.6. The van der Waals surface area contributed by atoms with Crippen LogP contribution in [0.4, 0.5) is 5.69 Å². The first-order chi connectivity index (χ1) is 11.5. The van der Waals surface area contributed by atoms with Crippen molar-refractivity contribution in [1.82, 2.24) is 0 Å². The summed E-state index contributed by atoms with van der Waals surface area (Å²) in [5.74, 6) is -0.0214. The predicted molar refractivity (Wildman–Crippen MR) is 95.0 cm³/mol. The number of carbonyl (C=O) groups excluding carboxylic acids is 2. The molecule has 0 saturated carbocycles. The molecule has 2 aromatic rings. The molecule has 0 fully saturated rings. The van der Waals surface area contributed by atoms with Crippen LogP contribution in [0.5, 0.6) is 5.75 Å². The minimum Gasteiger partial charge on any atom is -0.494 e. The Balaban J connectivity index is 1.96. The van der Waals surface area contributed by atoms with Gasteiger partial charge in [0.25, 0.3) is 5.91 Å². The third-order valence-electron chi connectivity index (χ3n) is 3.58. The van der Waals surface area contributed by atoms with E-state index >= 15 is 0 Å². The first-order valence-corrected chi connectivity index (χ1v) is 8.05. The Kier molecular flexibility index (Phi) is 4.60. The number of hydrogen-bond donors (Lipinski definition) is 1. The fourth-order valence-electron chi connectivity index (χ4n) is 2.47. The second-order valence-electron chi connectivity index (χ2n) is 5.11. The second-order valence-corrected chi connectivity index (χ2v) is 5.93. The number of amides is 1. The van der Waals surface area contributed by atoms with Gasteiger partial charge in [-0.05, 0) is 49.4 Å². The molecule has 24 heavy (non-hydrogen) atoms. The Labute approximate surface area is 149 Å². The van der Waals surface area contributed by atoms with Crippen molar-refractivity contribution < 1.29 is 14.3 Å². The normalized spacial score (nSPS) is 14.5. The van der Waals surface area contributed by atoms with Crippen LogP contribution in [0.15, 0.2) is 42.5 Å². The van der Waals surface area contributed by atoms with Crippen LogP contribution in [0.1, 0.15) is 22.8 Å². The van der Waals surface area contributed by atoms with E-state index in [0.717, 1.165) is 0 Å². The number of allylic oxidation sites excluding steroid dienone is 1. The molecular formula is C18H13Cl2NO3. The summed E-state index contributed by atoms with van der Waals surface area (Å²) < 4.78 is 5.34.